The Bertz CT molecular complexity index is 483. The molecule has 5 heteroatoms. The third-order valence-electron chi connectivity index (χ3n) is 3.39. The van der Waals surface area contributed by atoms with Gasteiger partial charge in [0.05, 0.1) is 0 Å². The first-order valence-electron chi connectivity index (χ1n) is 7.71. The van der Waals surface area contributed by atoms with Crippen molar-refractivity contribution in [2.75, 3.05) is 33.8 Å². The first-order valence-corrected chi connectivity index (χ1v) is 7.71. The molecule has 0 saturated carbocycles. The Kier molecular flexibility index (Phi) is 7.43. The summed E-state index contributed by atoms with van der Waals surface area (Å²) in [4.78, 5) is 27.2. The van der Waals surface area contributed by atoms with Crippen LogP contribution in [0, 0.1) is 0 Å². The summed E-state index contributed by atoms with van der Waals surface area (Å²) in [7, 11) is 3.42. The van der Waals surface area contributed by atoms with E-state index < -0.39 is 0 Å². The van der Waals surface area contributed by atoms with E-state index >= 15 is 0 Å². The third kappa shape index (κ3) is 5.39. The summed E-state index contributed by atoms with van der Waals surface area (Å²) in [6, 6.07) is 6.84. The van der Waals surface area contributed by atoms with Crippen molar-refractivity contribution in [1.29, 1.82) is 0 Å². The van der Waals surface area contributed by atoms with Crippen LogP contribution in [0.2, 0.25) is 0 Å². The van der Waals surface area contributed by atoms with Crippen molar-refractivity contribution >= 4 is 11.8 Å². The number of likely N-dealkylation sites (N-methyl/N-ethyl adjacent to an activating group) is 1. The minimum absolute atomic E-state index is 0.00982. The summed E-state index contributed by atoms with van der Waals surface area (Å²) < 4.78 is 5.51. The van der Waals surface area contributed by atoms with E-state index in [9.17, 15) is 9.59 Å². The molecule has 0 aliphatic heterocycles. The second-order valence-electron chi connectivity index (χ2n) is 5.34. The molecule has 0 spiro atoms. The van der Waals surface area contributed by atoms with Gasteiger partial charge >= 0.3 is 0 Å². The average Bonchev–Trinajstić information content (AvgIpc) is 2.53. The van der Waals surface area contributed by atoms with Gasteiger partial charge in [0.15, 0.2) is 6.61 Å². The van der Waals surface area contributed by atoms with Crippen LogP contribution < -0.4 is 4.74 Å². The summed E-state index contributed by atoms with van der Waals surface area (Å²) >= 11 is 0. The molecule has 0 heterocycles. The van der Waals surface area contributed by atoms with Gasteiger partial charge in [-0.1, -0.05) is 13.3 Å². The van der Waals surface area contributed by atoms with Gasteiger partial charge in [0, 0.05) is 32.7 Å². The second-order valence-corrected chi connectivity index (χ2v) is 5.34. The molecule has 1 rings (SSSR count). The lowest BCUT2D eigenvalue weighted by Gasteiger charge is -2.20. The number of unbranched alkanes of at least 4 members (excludes halogenated alkanes) is 1. The van der Waals surface area contributed by atoms with Crippen molar-refractivity contribution in [1.82, 2.24) is 9.80 Å². The van der Waals surface area contributed by atoms with E-state index in [2.05, 4.69) is 6.92 Å². The maximum absolute atomic E-state index is 12.1. The highest BCUT2D eigenvalue weighted by atomic mass is 16.5. The van der Waals surface area contributed by atoms with Crippen molar-refractivity contribution in [3.8, 4) is 5.75 Å². The van der Waals surface area contributed by atoms with Gasteiger partial charge in [-0.2, -0.15) is 0 Å². The van der Waals surface area contributed by atoms with Crippen LogP contribution in [0.15, 0.2) is 24.3 Å². The quantitative estimate of drug-likeness (QED) is 0.741. The number of carbonyl (C=O) groups is 2. The van der Waals surface area contributed by atoms with Gasteiger partial charge in [0.1, 0.15) is 5.75 Å². The molecule has 1 aromatic rings. The highest BCUT2D eigenvalue weighted by molar-refractivity contribution is 5.93. The Morgan fingerprint density at radius 1 is 1.09 bits per heavy atom. The van der Waals surface area contributed by atoms with E-state index in [1.807, 2.05) is 6.92 Å². The van der Waals surface area contributed by atoms with Gasteiger partial charge in [-0.05, 0) is 37.6 Å². The Balaban J connectivity index is 2.54. The molecular weight excluding hydrogens is 280 g/mol. The number of amides is 2. The molecule has 122 valence electrons. The average molecular weight is 306 g/mol. The summed E-state index contributed by atoms with van der Waals surface area (Å²) in [5.74, 6) is 0.527. The van der Waals surface area contributed by atoms with Gasteiger partial charge in [0.2, 0.25) is 0 Å². The predicted octanol–water partition coefficient (Wildman–Crippen LogP) is 2.42. The number of ether oxygens (including phenoxy) is 1. The molecule has 5 nitrogen and oxygen atoms in total. The summed E-state index contributed by atoms with van der Waals surface area (Å²) in [6.45, 7) is 5.56. The Hall–Kier alpha value is -2.04. The number of nitrogens with zero attached hydrogens (tertiary/aromatic N) is 2. The van der Waals surface area contributed by atoms with E-state index in [4.69, 9.17) is 4.74 Å². The lowest BCUT2D eigenvalue weighted by Crippen LogP contribution is -2.35. The van der Waals surface area contributed by atoms with E-state index in [-0.39, 0.29) is 18.4 Å². The fourth-order valence-corrected chi connectivity index (χ4v) is 2.00. The van der Waals surface area contributed by atoms with Gasteiger partial charge in [0.25, 0.3) is 11.8 Å². The number of benzene rings is 1. The molecule has 0 saturated heterocycles. The van der Waals surface area contributed by atoms with E-state index in [0.29, 0.717) is 17.9 Å². The minimum atomic E-state index is -0.0562. The Morgan fingerprint density at radius 2 is 1.73 bits per heavy atom. The first kappa shape index (κ1) is 18.0. The molecule has 0 radical (unpaired) electrons. The van der Waals surface area contributed by atoms with E-state index in [1.165, 1.54) is 4.90 Å². The molecule has 1 aromatic carbocycles. The number of hydrogen-bond donors (Lipinski definition) is 0. The van der Waals surface area contributed by atoms with Crippen LogP contribution in [0.5, 0.6) is 5.75 Å². The predicted molar refractivity (Wildman–Crippen MR) is 87.1 cm³/mol. The lowest BCUT2D eigenvalue weighted by molar-refractivity contribution is -0.133. The van der Waals surface area contributed by atoms with Crippen molar-refractivity contribution in [3.05, 3.63) is 29.8 Å². The number of rotatable bonds is 8. The fraction of sp³-hybridized carbons (Fsp3) is 0.529. The molecule has 2 amide bonds. The molecule has 0 atom stereocenters. The highest BCUT2D eigenvalue weighted by Gasteiger charge is 2.12. The smallest absolute Gasteiger partial charge is 0.260 e. The maximum atomic E-state index is 12.1. The zero-order valence-electron chi connectivity index (χ0n) is 14.0. The van der Waals surface area contributed by atoms with Crippen LogP contribution >= 0.6 is 0 Å². The summed E-state index contributed by atoms with van der Waals surface area (Å²) in [5, 5.41) is 0. The van der Waals surface area contributed by atoms with Crippen molar-refractivity contribution in [2.45, 2.75) is 26.7 Å². The fourth-order valence-electron chi connectivity index (χ4n) is 2.00. The van der Waals surface area contributed by atoms with Gasteiger partial charge in [-0.3, -0.25) is 9.59 Å². The topological polar surface area (TPSA) is 49.9 Å². The van der Waals surface area contributed by atoms with Crippen LogP contribution in [0.3, 0.4) is 0 Å². The van der Waals surface area contributed by atoms with Gasteiger partial charge < -0.3 is 14.5 Å². The highest BCUT2D eigenvalue weighted by Crippen LogP contribution is 2.13. The Morgan fingerprint density at radius 3 is 2.23 bits per heavy atom. The molecule has 0 bridgehead atoms. The normalized spacial score (nSPS) is 10.2. The lowest BCUT2D eigenvalue weighted by atomic mass is 10.2. The summed E-state index contributed by atoms with van der Waals surface area (Å²) in [5.41, 5.74) is 0.599. The van der Waals surface area contributed by atoms with Crippen LogP contribution in [-0.2, 0) is 4.79 Å². The van der Waals surface area contributed by atoms with Crippen LogP contribution in [0.25, 0.3) is 0 Å². The number of hydrogen-bond acceptors (Lipinski definition) is 3. The molecule has 0 aromatic heterocycles. The van der Waals surface area contributed by atoms with E-state index in [0.717, 1.165) is 19.4 Å². The van der Waals surface area contributed by atoms with Crippen molar-refractivity contribution in [2.24, 2.45) is 0 Å². The third-order valence-corrected chi connectivity index (χ3v) is 3.39. The van der Waals surface area contributed by atoms with Crippen LogP contribution in [0.1, 0.15) is 37.0 Å². The molecule has 0 aliphatic carbocycles. The van der Waals surface area contributed by atoms with Crippen molar-refractivity contribution < 1.29 is 14.3 Å². The Labute approximate surface area is 132 Å². The molecule has 22 heavy (non-hydrogen) atoms. The SMILES string of the molecule is CCCCN(CC)C(=O)COc1ccc(C(=O)N(C)C)cc1. The van der Waals surface area contributed by atoms with Gasteiger partial charge in [-0.25, -0.2) is 0 Å². The standard InChI is InChI=1S/C17H26N2O3/c1-5-7-12-19(6-2)16(20)13-22-15-10-8-14(9-11-15)17(21)18(3)4/h8-11H,5-7,12-13H2,1-4H3. The molecule has 0 fully saturated rings. The van der Waals surface area contributed by atoms with E-state index in [1.54, 1.807) is 43.3 Å². The maximum Gasteiger partial charge on any atom is 0.260 e. The summed E-state index contributed by atoms with van der Waals surface area (Å²) in [6.07, 6.45) is 2.06. The molecule has 0 N–H and O–H groups in total. The van der Waals surface area contributed by atoms with Crippen LogP contribution in [-0.4, -0.2) is 55.4 Å². The van der Waals surface area contributed by atoms with Crippen LogP contribution in [0.4, 0.5) is 0 Å². The largest absolute Gasteiger partial charge is 0.484 e. The molecular formula is C17H26N2O3. The second kappa shape index (κ2) is 9.07. The monoisotopic (exact) mass is 306 g/mol. The van der Waals surface area contributed by atoms with Gasteiger partial charge in [-0.15, -0.1) is 0 Å². The minimum Gasteiger partial charge on any atom is -0.484 e. The number of carbonyl (C=O) groups excluding carboxylic acids is 2. The molecule has 0 aliphatic rings. The zero-order valence-corrected chi connectivity index (χ0v) is 14.0. The zero-order chi connectivity index (χ0) is 16.5. The first-order chi connectivity index (χ1) is 10.5. The molecule has 0 unspecified atom stereocenters. The van der Waals surface area contributed by atoms with Crippen molar-refractivity contribution in [3.63, 3.8) is 0 Å².